The molecule has 0 saturated carbocycles. The highest BCUT2D eigenvalue weighted by molar-refractivity contribution is 7.14. The molecule has 0 aliphatic carbocycles. The van der Waals surface area contributed by atoms with Gasteiger partial charge >= 0.3 is 0 Å². The first-order valence-electron chi connectivity index (χ1n) is 26.3. The summed E-state index contributed by atoms with van der Waals surface area (Å²) in [6.45, 7) is 30.0. The van der Waals surface area contributed by atoms with Gasteiger partial charge in [0.1, 0.15) is 17.2 Å². The van der Waals surface area contributed by atoms with Gasteiger partial charge in [-0.2, -0.15) is 0 Å². The van der Waals surface area contributed by atoms with E-state index in [1.54, 1.807) is 7.11 Å². The molecule has 0 unspecified atom stereocenters. The molecule has 7 nitrogen and oxygen atoms in total. The third-order valence-electron chi connectivity index (χ3n) is 14.8. The minimum Gasteiger partial charge on any atom is -0.504 e. The van der Waals surface area contributed by atoms with Crippen molar-refractivity contribution in [3.8, 4) is 61.0 Å². The van der Waals surface area contributed by atoms with Crippen LogP contribution < -0.4 is 14.2 Å². The summed E-state index contributed by atoms with van der Waals surface area (Å²) in [5.41, 5.74) is 13.5. The maximum Gasteiger partial charge on any atom is 0.158 e. The van der Waals surface area contributed by atoms with Crippen LogP contribution in [0.15, 0.2) is 120 Å². The van der Waals surface area contributed by atoms with Crippen LogP contribution in [-0.2, 0) is 21.7 Å². The topological polar surface area (TPSA) is 78.0 Å². The van der Waals surface area contributed by atoms with E-state index in [0.717, 1.165) is 73.6 Å². The van der Waals surface area contributed by atoms with Crippen LogP contribution >= 0.6 is 22.7 Å². The van der Waals surface area contributed by atoms with Crippen molar-refractivity contribution in [2.45, 2.75) is 125 Å². The summed E-state index contributed by atoms with van der Waals surface area (Å²) in [5.74, 6) is 2.51. The van der Waals surface area contributed by atoms with E-state index in [0.29, 0.717) is 29.6 Å². The zero-order chi connectivity index (χ0) is 53.5. The van der Waals surface area contributed by atoms with Crippen LogP contribution in [0.2, 0.25) is 0 Å². The lowest BCUT2D eigenvalue weighted by Crippen LogP contribution is -2.10. The molecule has 0 spiro atoms. The second-order valence-corrected chi connectivity index (χ2v) is 26.2. The highest BCUT2D eigenvalue weighted by Gasteiger charge is 2.27. The molecule has 0 saturated heterocycles. The number of methoxy groups -OCH3 is 1. The number of hydrogen-bond donors (Lipinski definition) is 2. The fourth-order valence-electron chi connectivity index (χ4n) is 10.3. The van der Waals surface area contributed by atoms with Crippen LogP contribution in [0.1, 0.15) is 124 Å². The van der Waals surface area contributed by atoms with Gasteiger partial charge in [0.25, 0.3) is 0 Å². The molecule has 4 aromatic heterocycles. The van der Waals surface area contributed by atoms with Gasteiger partial charge in [-0.1, -0.05) is 119 Å². The van der Waals surface area contributed by atoms with Crippen LogP contribution in [-0.4, -0.2) is 39.7 Å². The van der Waals surface area contributed by atoms with E-state index in [4.69, 9.17) is 14.2 Å². The third-order valence-corrected chi connectivity index (χ3v) is 16.8. The summed E-state index contributed by atoms with van der Waals surface area (Å²) in [4.78, 5) is 1.48. The zero-order valence-electron chi connectivity index (χ0n) is 46.2. The molecule has 0 aliphatic heterocycles. The Morgan fingerprint density at radius 3 is 1.13 bits per heavy atom. The zero-order valence-corrected chi connectivity index (χ0v) is 47.8. The van der Waals surface area contributed by atoms with E-state index >= 15 is 0 Å². The molecule has 0 radical (unpaired) electrons. The number of rotatable bonds is 12. The lowest BCUT2D eigenvalue weighted by atomic mass is 9.85. The van der Waals surface area contributed by atoms with E-state index in [2.05, 4.69) is 189 Å². The van der Waals surface area contributed by atoms with Crippen LogP contribution in [0.25, 0.3) is 75.9 Å². The molecule has 0 amide bonds. The molecule has 75 heavy (non-hydrogen) atoms. The second kappa shape index (κ2) is 19.2. The average Bonchev–Trinajstić information content (AvgIpc) is 4.13. The van der Waals surface area contributed by atoms with Crippen LogP contribution in [0.4, 0.5) is 0 Å². The van der Waals surface area contributed by atoms with Gasteiger partial charge in [-0.05, 0) is 143 Å². The molecule has 388 valence electrons. The van der Waals surface area contributed by atoms with Crippen molar-refractivity contribution in [2.75, 3.05) is 20.3 Å². The minimum atomic E-state index is -0.0194. The molecule has 0 bridgehead atoms. The van der Waals surface area contributed by atoms with E-state index in [1.807, 2.05) is 29.6 Å². The van der Waals surface area contributed by atoms with E-state index in [-0.39, 0.29) is 33.2 Å². The van der Waals surface area contributed by atoms with Crippen molar-refractivity contribution < 1.29 is 24.4 Å². The van der Waals surface area contributed by atoms with Crippen LogP contribution in [0.3, 0.4) is 0 Å². The summed E-state index contributed by atoms with van der Waals surface area (Å²) in [7, 11) is 1.66. The predicted octanol–water partition coefficient (Wildman–Crippen LogP) is 18.5. The Bertz CT molecular complexity index is 3650. The van der Waals surface area contributed by atoms with Gasteiger partial charge in [0, 0.05) is 43.4 Å². The van der Waals surface area contributed by atoms with Gasteiger partial charge in [-0.25, -0.2) is 0 Å². The van der Waals surface area contributed by atoms with Gasteiger partial charge in [-0.15, -0.1) is 22.7 Å². The molecule has 0 fully saturated rings. The van der Waals surface area contributed by atoms with E-state index in [1.165, 1.54) is 66.5 Å². The SMILES string of the molecule is COc1ccc(OCCCCOc2ccc(C)cc2-c2scc(-n3c4ccc(C(C)(C)C)cc4c4cc(C(C)(C)C)ccc43)c2O)c(-c2scc(-n3c4ccc(C(C)(C)C)cc4c4cc(C(C)(C)C)ccc43)c2O)c1. The van der Waals surface area contributed by atoms with Gasteiger partial charge in [-0.3, -0.25) is 0 Å². The Hall–Kier alpha value is -6.68. The number of nitrogens with zero attached hydrogens (tertiary/aromatic N) is 2. The molecule has 0 aliphatic rings. The first kappa shape index (κ1) is 51.8. The molecule has 2 N–H and O–H groups in total. The molecule has 0 atom stereocenters. The second-order valence-electron chi connectivity index (χ2n) is 24.5. The smallest absolute Gasteiger partial charge is 0.158 e. The monoisotopic (exact) mass is 1040 g/mol. The van der Waals surface area contributed by atoms with Crippen molar-refractivity contribution >= 4 is 66.3 Å². The molecule has 6 aromatic carbocycles. The number of aromatic hydroxyl groups is 2. The maximum atomic E-state index is 12.3. The normalized spacial score (nSPS) is 12.7. The number of aryl methyl sites for hydroxylation is 1. The fourth-order valence-corrected chi connectivity index (χ4v) is 12.2. The summed E-state index contributed by atoms with van der Waals surface area (Å²) < 4.78 is 23.2. The predicted molar refractivity (Wildman–Crippen MR) is 318 cm³/mol. The molecule has 10 aromatic rings. The average molecular weight is 1040 g/mol. The molecular weight excluding hydrogens is 965 g/mol. The van der Waals surface area contributed by atoms with Crippen molar-refractivity contribution in [1.82, 2.24) is 9.13 Å². The van der Waals surface area contributed by atoms with E-state index < -0.39 is 0 Å². The number of fused-ring (bicyclic) bond motifs is 6. The fraction of sp³-hybridized carbons (Fsp3) is 0.333. The number of thiophene rings is 2. The minimum absolute atomic E-state index is 0.0112. The van der Waals surface area contributed by atoms with Gasteiger partial charge in [0.2, 0.25) is 0 Å². The molecule has 4 heterocycles. The standard InChI is InChI=1S/C66H72N2O5S2/c1-39-17-27-57(49(31-39)61-59(69)55(37-74-61)67-51-23-18-40(63(2,3)4)32-45(51)46-33-41(64(5,6)7)19-24-52(46)67)72-29-15-16-30-73-58-28-22-44(71-14)36-50(58)62-60(70)56(38-75-62)68-53-25-20-42(65(8,9)10)34-47(53)48-35-43(66(11,12)13)21-26-54(48)68/h17-28,31-38,69-70H,15-16,29-30H2,1-14H3. The van der Waals surface area contributed by atoms with Gasteiger partial charge in [0.15, 0.2) is 11.5 Å². The number of hydrogen-bond acceptors (Lipinski definition) is 7. The number of benzene rings is 6. The van der Waals surface area contributed by atoms with Crippen LogP contribution in [0.5, 0.6) is 28.7 Å². The molecular formula is C66H72N2O5S2. The lowest BCUT2D eigenvalue weighted by molar-refractivity contribution is 0.267. The molecule has 9 heteroatoms. The lowest BCUT2D eigenvalue weighted by Gasteiger charge is -2.19. The van der Waals surface area contributed by atoms with Crippen LogP contribution in [0, 0.1) is 6.92 Å². The maximum absolute atomic E-state index is 12.3. The Labute approximate surface area is 451 Å². The number of ether oxygens (including phenoxy) is 3. The Balaban J connectivity index is 0.884. The summed E-state index contributed by atoms with van der Waals surface area (Å²) in [6, 6.07) is 39.0. The first-order chi connectivity index (χ1) is 35.4. The van der Waals surface area contributed by atoms with Crippen molar-refractivity contribution in [3.05, 3.63) is 148 Å². The Morgan fingerprint density at radius 2 is 0.787 bits per heavy atom. The molecule has 10 rings (SSSR count). The van der Waals surface area contributed by atoms with Gasteiger partial charge in [0.05, 0.1) is 63.5 Å². The number of unbranched alkanes of at least 4 members (excludes halogenated alkanes) is 1. The third kappa shape index (κ3) is 9.67. The Morgan fingerprint density at radius 1 is 0.440 bits per heavy atom. The van der Waals surface area contributed by atoms with Gasteiger partial charge < -0.3 is 33.6 Å². The van der Waals surface area contributed by atoms with Crippen molar-refractivity contribution in [3.63, 3.8) is 0 Å². The highest BCUT2D eigenvalue weighted by Crippen LogP contribution is 2.50. The largest absolute Gasteiger partial charge is 0.504 e. The van der Waals surface area contributed by atoms with Crippen molar-refractivity contribution in [2.24, 2.45) is 0 Å². The Kier molecular flexibility index (Phi) is 13.2. The highest BCUT2D eigenvalue weighted by atomic mass is 32.1. The van der Waals surface area contributed by atoms with Crippen molar-refractivity contribution in [1.29, 1.82) is 0 Å². The quantitative estimate of drug-likeness (QED) is 0.119. The first-order valence-corrected chi connectivity index (χ1v) is 28.0. The number of aromatic nitrogens is 2. The van der Waals surface area contributed by atoms with E-state index in [9.17, 15) is 10.2 Å². The summed E-state index contributed by atoms with van der Waals surface area (Å²) >= 11 is 3.03. The summed E-state index contributed by atoms with van der Waals surface area (Å²) in [6.07, 6.45) is 1.48. The summed E-state index contributed by atoms with van der Waals surface area (Å²) in [5, 5.41) is 33.4.